The second-order valence-electron chi connectivity index (χ2n) is 11.6. The minimum Gasteiger partial charge on any atom is -0.492 e. The van der Waals surface area contributed by atoms with Gasteiger partial charge in [-0.25, -0.2) is 14.5 Å². The van der Waals surface area contributed by atoms with E-state index in [1.807, 2.05) is 30.7 Å². The zero-order valence-corrected chi connectivity index (χ0v) is 22.9. The van der Waals surface area contributed by atoms with Gasteiger partial charge < -0.3 is 19.1 Å². The molecule has 5 fully saturated rings. The third kappa shape index (κ3) is 4.28. The number of aromatic nitrogens is 4. The summed E-state index contributed by atoms with van der Waals surface area (Å²) in [7, 11) is 1.64. The number of fused-ring (bicyclic) bond motifs is 4. The maximum atomic E-state index is 9.74. The largest absolute Gasteiger partial charge is 0.492 e. The molecular formula is C31H31N7O3. The highest BCUT2D eigenvalue weighted by Gasteiger charge is 2.54. The van der Waals surface area contributed by atoms with E-state index in [1.165, 1.54) is 12.0 Å². The van der Waals surface area contributed by atoms with Gasteiger partial charge in [0.05, 0.1) is 50.4 Å². The van der Waals surface area contributed by atoms with Crippen LogP contribution in [0.1, 0.15) is 17.5 Å². The summed E-state index contributed by atoms with van der Waals surface area (Å²) >= 11 is 0. The van der Waals surface area contributed by atoms with Crippen LogP contribution in [0.5, 0.6) is 11.6 Å². The average Bonchev–Trinajstić information content (AvgIpc) is 3.32. The molecule has 0 aromatic carbocycles. The van der Waals surface area contributed by atoms with Gasteiger partial charge in [-0.15, -0.1) is 0 Å². The van der Waals surface area contributed by atoms with Crippen LogP contribution in [-0.2, 0) is 11.3 Å². The van der Waals surface area contributed by atoms with E-state index < -0.39 is 0 Å². The quantitative estimate of drug-likeness (QED) is 0.327. The third-order valence-electron chi connectivity index (χ3n) is 9.38. The summed E-state index contributed by atoms with van der Waals surface area (Å²) in [5.41, 5.74) is 4.35. The maximum absolute atomic E-state index is 9.74. The Morgan fingerprint density at radius 2 is 1.90 bits per heavy atom. The average molecular weight is 550 g/mol. The van der Waals surface area contributed by atoms with Crippen molar-refractivity contribution in [3.8, 4) is 28.8 Å². The number of ether oxygens (including phenoxy) is 3. The fourth-order valence-electron chi connectivity index (χ4n) is 6.98. The van der Waals surface area contributed by atoms with Gasteiger partial charge in [0.25, 0.3) is 0 Å². The van der Waals surface area contributed by atoms with Gasteiger partial charge >= 0.3 is 0 Å². The minimum absolute atomic E-state index is 0.508. The second-order valence-corrected chi connectivity index (χ2v) is 11.6. The molecule has 41 heavy (non-hydrogen) atoms. The Balaban J connectivity index is 0.984. The van der Waals surface area contributed by atoms with Crippen LogP contribution >= 0.6 is 0 Å². The summed E-state index contributed by atoms with van der Waals surface area (Å²) in [5, 5.41) is 14.2. The summed E-state index contributed by atoms with van der Waals surface area (Å²) < 4.78 is 18.7. The molecule has 0 amide bonds. The van der Waals surface area contributed by atoms with E-state index in [0.29, 0.717) is 47.9 Å². The summed E-state index contributed by atoms with van der Waals surface area (Å²) in [4.78, 5) is 14.2. The Morgan fingerprint density at radius 1 is 1.05 bits per heavy atom. The first-order chi connectivity index (χ1) is 20.2. The van der Waals surface area contributed by atoms with Crippen molar-refractivity contribution >= 4 is 11.3 Å². The van der Waals surface area contributed by atoms with Gasteiger partial charge in [-0.1, -0.05) is 6.07 Å². The summed E-state index contributed by atoms with van der Waals surface area (Å²) in [6.07, 6.45) is 8.51. The molecule has 4 saturated heterocycles. The topological polar surface area (TPSA) is 101 Å². The van der Waals surface area contributed by atoms with E-state index in [0.717, 1.165) is 61.1 Å². The van der Waals surface area contributed by atoms with E-state index in [2.05, 4.69) is 44.2 Å². The molecule has 2 bridgehead atoms. The zero-order valence-electron chi connectivity index (χ0n) is 22.9. The first-order valence-corrected chi connectivity index (χ1v) is 14.3. The molecule has 0 N–H and O–H groups in total. The fraction of sp³-hybridized carbons (Fsp3) is 0.419. The van der Waals surface area contributed by atoms with Gasteiger partial charge in [0.2, 0.25) is 5.88 Å². The molecule has 3 unspecified atom stereocenters. The molecule has 5 aliphatic rings. The minimum atomic E-state index is 0.508. The number of anilines is 1. The molecule has 208 valence electrons. The number of hydrogen-bond acceptors (Lipinski definition) is 9. The molecule has 0 radical (unpaired) electrons. The first kappa shape index (κ1) is 24.6. The Kier molecular flexibility index (Phi) is 5.83. The number of pyridine rings is 3. The molecule has 4 aromatic heterocycles. The van der Waals surface area contributed by atoms with Gasteiger partial charge in [-0.3, -0.25) is 4.90 Å². The van der Waals surface area contributed by atoms with Crippen molar-refractivity contribution in [3.05, 3.63) is 66.2 Å². The zero-order chi connectivity index (χ0) is 27.5. The van der Waals surface area contributed by atoms with Crippen molar-refractivity contribution in [3.63, 3.8) is 0 Å². The van der Waals surface area contributed by atoms with Gasteiger partial charge in [0.15, 0.2) is 0 Å². The van der Waals surface area contributed by atoms with Crippen LogP contribution < -0.4 is 14.4 Å². The van der Waals surface area contributed by atoms with E-state index in [-0.39, 0.29) is 0 Å². The van der Waals surface area contributed by atoms with Crippen LogP contribution in [-0.4, -0.2) is 76.6 Å². The van der Waals surface area contributed by atoms with Crippen molar-refractivity contribution in [2.24, 2.45) is 17.8 Å². The monoisotopic (exact) mass is 549 g/mol. The molecule has 9 rings (SSSR count). The molecule has 0 spiro atoms. The molecule has 10 heteroatoms. The molecule has 1 saturated carbocycles. The Labute approximate surface area is 238 Å². The molecule has 10 nitrogen and oxygen atoms in total. The third-order valence-corrected chi connectivity index (χ3v) is 9.38. The standard InChI is InChI=1S/C31H31N7O3/c1-39-30-5-2-19(9-34-30)12-37-22-6-23(37)14-36(13-22)29-4-3-20(10-33-29)25-7-24(15-38-31(25)21(8-32)11-35-38)41-18-28-26-16-40-17-27(26)28/h2-5,7,9-11,15,22-23,26-28H,6,12-14,16-18H2,1H3/t22?,23?,26-,27+,28?. The molecule has 8 heterocycles. The number of piperidine rings is 1. The lowest BCUT2D eigenvalue weighted by Gasteiger charge is -2.56. The van der Waals surface area contributed by atoms with Crippen molar-refractivity contribution in [1.29, 1.82) is 5.26 Å². The van der Waals surface area contributed by atoms with Gasteiger partial charge in [0, 0.05) is 67.2 Å². The van der Waals surface area contributed by atoms with Crippen LogP contribution in [0.15, 0.2) is 55.1 Å². The molecule has 5 atom stereocenters. The Bertz CT molecular complexity index is 1610. The number of nitriles is 1. The fourth-order valence-corrected chi connectivity index (χ4v) is 6.98. The highest BCUT2D eigenvalue weighted by molar-refractivity contribution is 5.85. The maximum Gasteiger partial charge on any atom is 0.212 e. The number of nitrogens with zero attached hydrogens (tertiary/aromatic N) is 7. The van der Waals surface area contributed by atoms with Crippen molar-refractivity contribution in [2.45, 2.75) is 25.0 Å². The second kappa shape index (κ2) is 9.72. The predicted octanol–water partition coefficient (Wildman–Crippen LogP) is 3.41. The lowest BCUT2D eigenvalue weighted by molar-refractivity contribution is -0.00876. The highest BCUT2D eigenvalue weighted by Crippen LogP contribution is 2.50. The first-order valence-electron chi connectivity index (χ1n) is 14.3. The number of hydrogen-bond donors (Lipinski definition) is 0. The lowest BCUT2D eigenvalue weighted by Crippen LogP contribution is -2.68. The van der Waals surface area contributed by atoms with E-state index in [4.69, 9.17) is 19.2 Å². The number of rotatable bonds is 8. The summed E-state index contributed by atoms with van der Waals surface area (Å²) in [5.74, 6) is 4.21. The van der Waals surface area contributed by atoms with Crippen molar-refractivity contribution in [1.82, 2.24) is 24.5 Å². The highest BCUT2D eigenvalue weighted by atomic mass is 16.5. The van der Waals surface area contributed by atoms with E-state index >= 15 is 0 Å². The van der Waals surface area contributed by atoms with Crippen molar-refractivity contribution in [2.75, 3.05) is 44.9 Å². The van der Waals surface area contributed by atoms with E-state index in [9.17, 15) is 5.26 Å². The van der Waals surface area contributed by atoms with Crippen molar-refractivity contribution < 1.29 is 14.2 Å². The van der Waals surface area contributed by atoms with Crippen LogP contribution in [0.2, 0.25) is 0 Å². The van der Waals surface area contributed by atoms with Crippen LogP contribution in [0.25, 0.3) is 16.6 Å². The SMILES string of the molecule is COc1ccc(CN2C3CC2CN(c2ccc(-c4cc(OCC5[C@H]6COC[C@@H]56)cn5ncc(C#N)c45)cn2)C3)cn1. The number of methoxy groups -OCH3 is 1. The van der Waals surface area contributed by atoms with Crippen LogP contribution in [0.4, 0.5) is 5.82 Å². The lowest BCUT2D eigenvalue weighted by atomic mass is 9.87. The summed E-state index contributed by atoms with van der Waals surface area (Å²) in [6, 6.07) is 13.5. The smallest absolute Gasteiger partial charge is 0.212 e. The summed E-state index contributed by atoms with van der Waals surface area (Å²) in [6.45, 7) is 5.19. The van der Waals surface area contributed by atoms with Gasteiger partial charge in [-0.2, -0.15) is 10.4 Å². The Morgan fingerprint density at radius 3 is 2.61 bits per heavy atom. The Hall–Kier alpha value is -4.20. The predicted molar refractivity (Wildman–Crippen MR) is 151 cm³/mol. The molecular weight excluding hydrogens is 518 g/mol. The molecule has 1 aliphatic carbocycles. The van der Waals surface area contributed by atoms with Gasteiger partial charge in [0.1, 0.15) is 17.6 Å². The molecule has 4 aliphatic heterocycles. The normalized spacial score (nSPS) is 26.3. The number of piperazine rings is 1. The van der Waals surface area contributed by atoms with Gasteiger partial charge in [-0.05, 0) is 42.0 Å². The van der Waals surface area contributed by atoms with E-state index in [1.54, 1.807) is 17.8 Å². The molecule has 4 aromatic rings. The van der Waals surface area contributed by atoms with Crippen LogP contribution in [0, 0.1) is 29.1 Å². The van der Waals surface area contributed by atoms with Crippen LogP contribution in [0.3, 0.4) is 0 Å².